The van der Waals surface area contributed by atoms with E-state index in [9.17, 15) is 9.90 Å². The Labute approximate surface area is 113 Å². The van der Waals surface area contributed by atoms with Crippen LogP contribution < -0.4 is 0 Å². The average molecular weight is 259 g/mol. The number of carboxylic acid groups (broad SMARTS) is 1. The van der Waals surface area contributed by atoms with E-state index >= 15 is 0 Å². The fourth-order valence-electron chi connectivity index (χ4n) is 2.60. The van der Waals surface area contributed by atoms with Gasteiger partial charge in [-0.15, -0.1) is 0 Å². The molecule has 1 heterocycles. The minimum Gasteiger partial charge on any atom is -0.478 e. The van der Waals surface area contributed by atoms with E-state index in [2.05, 4.69) is 31.5 Å². The zero-order chi connectivity index (χ0) is 14.2. The van der Waals surface area contributed by atoms with Crippen LogP contribution in [0, 0.1) is 6.92 Å². The van der Waals surface area contributed by atoms with Crippen molar-refractivity contribution in [2.75, 3.05) is 0 Å². The quantitative estimate of drug-likeness (QED) is 0.895. The molecule has 0 amide bonds. The predicted molar refractivity (Wildman–Crippen MR) is 78.0 cm³/mol. The fraction of sp³-hybridized carbons (Fsp3) is 0.438. The Morgan fingerprint density at radius 3 is 2.58 bits per heavy atom. The van der Waals surface area contributed by atoms with Gasteiger partial charge in [0.05, 0.1) is 5.56 Å². The first kappa shape index (κ1) is 13.7. The van der Waals surface area contributed by atoms with Gasteiger partial charge < -0.3 is 9.67 Å². The summed E-state index contributed by atoms with van der Waals surface area (Å²) in [7, 11) is 0. The Bertz CT molecular complexity index is 623. The van der Waals surface area contributed by atoms with E-state index in [1.54, 1.807) is 0 Å². The molecular formula is C16H21NO2. The Balaban J connectivity index is 2.75. The zero-order valence-electron chi connectivity index (χ0n) is 12.0. The summed E-state index contributed by atoms with van der Waals surface area (Å²) in [6, 6.07) is 4.21. The van der Waals surface area contributed by atoms with Crippen molar-refractivity contribution < 1.29 is 9.90 Å². The highest BCUT2D eigenvalue weighted by atomic mass is 16.4. The van der Waals surface area contributed by atoms with Gasteiger partial charge in [0.25, 0.3) is 0 Å². The zero-order valence-corrected chi connectivity index (χ0v) is 12.0. The number of hydrogen-bond acceptors (Lipinski definition) is 1. The standard InChI is InChI=1S/C16H21NO2/c1-5-6-12-9-17(10(2)3)15-7-11(4)13(16(18)19)8-14(12)15/h7-10H,5-6H2,1-4H3,(H,18,19). The number of carbonyl (C=O) groups is 1. The second kappa shape index (κ2) is 5.08. The summed E-state index contributed by atoms with van der Waals surface area (Å²) >= 11 is 0. The van der Waals surface area contributed by atoms with Crippen LogP contribution in [-0.2, 0) is 6.42 Å². The Kier molecular flexibility index (Phi) is 3.65. The average Bonchev–Trinajstić information content (AvgIpc) is 2.66. The normalized spacial score (nSPS) is 11.4. The van der Waals surface area contributed by atoms with Crippen molar-refractivity contribution in [2.24, 2.45) is 0 Å². The lowest BCUT2D eigenvalue weighted by atomic mass is 10.0. The van der Waals surface area contributed by atoms with E-state index in [0.29, 0.717) is 11.6 Å². The van der Waals surface area contributed by atoms with Crippen LogP contribution in [0.5, 0.6) is 0 Å². The van der Waals surface area contributed by atoms with Crippen LogP contribution in [0.3, 0.4) is 0 Å². The van der Waals surface area contributed by atoms with Gasteiger partial charge in [-0.2, -0.15) is 0 Å². The molecule has 0 unspecified atom stereocenters. The lowest BCUT2D eigenvalue weighted by Crippen LogP contribution is -2.02. The summed E-state index contributed by atoms with van der Waals surface area (Å²) in [6.45, 7) is 8.30. The second-order valence-corrected chi connectivity index (χ2v) is 5.39. The molecule has 0 bridgehead atoms. The van der Waals surface area contributed by atoms with Crippen molar-refractivity contribution in [3.63, 3.8) is 0 Å². The molecule has 0 spiro atoms. The van der Waals surface area contributed by atoms with Crippen molar-refractivity contribution in [3.05, 3.63) is 35.0 Å². The van der Waals surface area contributed by atoms with Gasteiger partial charge in [0, 0.05) is 23.1 Å². The Hall–Kier alpha value is -1.77. The first-order chi connectivity index (χ1) is 8.95. The molecule has 0 fully saturated rings. The number of carboxylic acids is 1. The van der Waals surface area contributed by atoms with Gasteiger partial charge in [-0.25, -0.2) is 4.79 Å². The fourth-order valence-corrected chi connectivity index (χ4v) is 2.60. The number of benzene rings is 1. The highest BCUT2D eigenvalue weighted by molar-refractivity contribution is 5.96. The van der Waals surface area contributed by atoms with E-state index in [4.69, 9.17) is 0 Å². The van der Waals surface area contributed by atoms with E-state index < -0.39 is 5.97 Å². The van der Waals surface area contributed by atoms with Crippen LogP contribution in [0.15, 0.2) is 18.3 Å². The molecule has 2 aromatic rings. The summed E-state index contributed by atoms with van der Waals surface area (Å²) < 4.78 is 2.24. The highest BCUT2D eigenvalue weighted by Gasteiger charge is 2.15. The smallest absolute Gasteiger partial charge is 0.335 e. The topological polar surface area (TPSA) is 42.2 Å². The monoisotopic (exact) mass is 259 g/mol. The maximum Gasteiger partial charge on any atom is 0.335 e. The molecule has 0 atom stereocenters. The second-order valence-electron chi connectivity index (χ2n) is 5.39. The molecule has 0 aliphatic carbocycles. The predicted octanol–water partition coefficient (Wildman–Crippen LogP) is 4.18. The first-order valence-electron chi connectivity index (χ1n) is 6.83. The van der Waals surface area contributed by atoms with Crippen molar-refractivity contribution in [1.82, 2.24) is 4.57 Å². The van der Waals surface area contributed by atoms with E-state index in [-0.39, 0.29) is 0 Å². The molecule has 3 nitrogen and oxygen atoms in total. The summed E-state index contributed by atoms with van der Waals surface area (Å²) in [5, 5.41) is 10.3. The summed E-state index contributed by atoms with van der Waals surface area (Å²) in [5.74, 6) is -0.848. The molecule has 0 aliphatic heterocycles. The van der Waals surface area contributed by atoms with Crippen LogP contribution in [-0.4, -0.2) is 15.6 Å². The lowest BCUT2D eigenvalue weighted by molar-refractivity contribution is 0.0696. The number of nitrogens with zero attached hydrogens (tertiary/aromatic N) is 1. The molecule has 0 radical (unpaired) electrons. The van der Waals surface area contributed by atoms with Crippen LogP contribution >= 0.6 is 0 Å². The Morgan fingerprint density at radius 1 is 1.37 bits per heavy atom. The largest absolute Gasteiger partial charge is 0.478 e. The molecular weight excluding hydrogens is 238 g/mol. The first-order valence-corrected chi connectivity index (χ1v) is 6.83. The minimum atomic E-state index is -0.848. The van der Waals surface area contributed by atoms with Crippen molar-refractivity contribution >= 4 is 16.9 Å². The third-order valence-electron chi connectivity index (χ3n) is 3.57. The van der Waals surface area contributed by atoms with Crippen molar-refractivity contribution in [2.45, 2.75) is 46.6 Å². The van der Waals surface area contributed by atoms with E-state index in [1.807, 2.05) is 19.1 Å². The third-order valence-corrected chi connectivity index (χ3v) is 3.57. The number of fused-ring (bicyclic) bond motifs is 1. The summed E-state index contributed by atoms with van der Waals surface area (Å²) in [6.07, 6.45) is 4.22. The molecule has 0 saturated carbocycles. The molecule has 1 aromatic carbocycles. The summed E-state index contributed by atoms with van der Waals surface area (Å²) in [5.41, 5.74) is 3.61. The molecule has 0 saturated heterocycles. The molecule has 1 aromatic heterocycles. The summed E-state index contributed by atoms with van der Waals surface area (Å²) in [4.78, 5) is 11.3. The number of aromatic nitrogens is 1. The number of aromatic carboxylic acids is 1. The Morgan fingerprint density at radius 2 is 2.05 bits per heavy atom. The SMILES string of the molecule is CCCc1cn(C(C)C)c2cc(C)c(C(=O)O)cc12. The number of hydrogen-bond donors (Lipinski definition) is 1. The lowest BCUT2D eigenvalue weighted by Gasteiger charge is -2.10. The molecule has 19 heavy (non-hydrogen) atoms. The van der Waals surface area contributed by atoms with Gasteiger partial charge in [-0.3, -0.25) is 0 Å². The van der Waals surface area contributed by atoms with Crippen LogP contribution in [0.2, 0.25) is 0 Å². The van der Waals surface area contributed by atoms with Gasteiger partial charge in [0.2, 0.25) is 0 Å². The molecule has 0 aliphatic rings. The highest BCUT2D eigenvalue weighted by Crippen LogP contribution is 2.28. The van der Waals surface area contributed by atoms with Gasteiger partial charge >= 0.3 is 5.97 Å². The van der Waals surface area contributed by atoms with Gasteiger partial charge in [-0.1, -0.05) is 13.3 Å². The maximum absolute atomic E-state index is 11.3. The molecule has 1 N–H and O–H groups in total. The van der Waals surface area contributed by atoms with Gasteiger partial charge in [-0.05, 0) is 50.5 Å². The van der Waals surface area contributed by atoms with Crippen LogP contribution in [0.25, 0.3) is 10.9 Å². The number of aryl methyl sites for hydroxylation is 2. The number of rotatable bonds is 4. The molecule has 2 rings (SSSR count). The van der Waals surface area contributed by atoms with Crippen LogP contribution in [0.4, 0.5) is 0 Å². The maximum atomic E-state index is 11.3. The molecule has 3 heteroatoms. The van der Waals surface area contributed by atoms with Gasteiger partial charge in [0.1, 0.15) is 0 Å². The van der Waals surface area contributed by atoms with E-state index in [0.717, 1.165) is 29.3 Å². The van der Waals surface area contributed by atoms with Gasteiger partial charge in [0.15, 0.2) is 0 Å². The van der Waals surface area contributed by atoms with Crippen molar-refractivity contribution in [3.8, 4) is 0 Å². The molecule has 102 valence electrons. The minimum absolute atomic E-state index is 0.378. The third kappa shape index (κ3) is 2.37. The van der Waals surface area contributed by atoms with Crippen molar-refractivity contribution in [1.29, 1.82) is 0 Å². The van der Waals surface area contributed by atoms with E-state index in [1.165, 1.54) is 5.56 Å². The van der Waals surface area contributed by atoms with Crippen LogP contribution in [0.1, 0.15) is 54.7 Å².